The maximum atomic E-state index is 11.3. The Morgan fingerprint density at radius 3 is 2.88 bits per heavy atom. The monoisotopic (exact) mass is 223 g/mol. The van der Waals surface area contributed by atoms with Gasteiger partial charge in [0.15, 0.2) is 0 Å². The van der Waals surface area contributed by atoms with Crippen LogP contribution in [0.3, 0.4) is 0 Å². The number of aryl methyl sites for hydroxylation is 2. The summed E-state index contributed by atoms with van der Waals surface area (Å²) in [6, 6.07) is -0.460. The van der Waals surface area contributed by atoms with Crippen LogP contribution in [0.25, 0.3) is 0 Å². The number of amides is 1. The summed E-state index contributed by atoms with van der Waals surface area (Å²) in [5.41, 5.74) is 1.53. The number of nitrogens with zero attached hydrogens (tertiary/aromatic N) is 2. The maximum absolute atomic E-state index is 11.3. The van der Waals surface area contributed by atoms with Gasteiger partial charge >= 0.3 is 5.97 Å². The molecule has 1 aromatic rings. The molecule has 2 unspecified atom stereocenters. The van der Waals surface area contributed by atoms with Gasteiger partial charge in [0, 0.05) is 25.2 Å². The first-order valence-electron chi connectivity index (χ1n) is 5.01. The Bertz CT molecular complexity index is 452. The Morgan fingerprint density at radius 2 is 2.38 bits per heavy atom. The highest BCUT2D eigenvalue weighted by Crippen LogP contribution is 2.31. The SMILES string of the molecule is Cc1nn(C)cc1C1NC(=O)CC1C(=O)O. The number of carboxylic acids is 1. The summed E-state index contributed by atoms with van der Waals surface area (Å²) in [6.07, 6.45) is 1.79. The fourth-order valence-electron chi connectivity index (χ4n) is 2.10. The maximum Gasteiger partial charge on any atom is 0.309 e. The van der Waals surface area contributed by atoms with Gasteiger partial charge in [-0.25, -0.2) is 0 Å². The minimum absolute atomic E-state index is 0.0360. The van der Waals surface area contributed by atoms with Gasteiger partial charge in [0.2, 0.25) is 5.91 Å². The molecule has 1 amide bonds. The van der Waals surface area contributed by atoms with Crippen LogP contribution in [-0.2, 0) is 16.6 Å². The van der Waals surface area contributed by atoms with Crippen LogP contribution in [0.4, 0.5) is 0 Å². The molecule has 1 aliphatic rings. The summed E-state index contributed by atoms with van der Waals surface area (Å²) in [7, 11) is 1.77. The van der Waals surface area contributed by atoms with Crippen molar-refractivity contribution in [1.29, 1.82) is 0 Å². The van der Waals surface area contributed by atoms with E-state index >= 15 is 0 Å². The third-order valence-corrected chi connectivity index (χ3v) is 2.83. The van der Waals surface area contributed by atoms with E-state index in [1.54, 1.807) is 24.9 Å². The summed E-state index contributed by atoms with van der Waals surface area (Å²) in [5, 5.41) is 15.9. The van der Waals surface area contributed by atoms with Gasteiger partial charge in [-0.05, 0) is 6.92 Å². The largest absolute Gasteiger partial charge is 0.481 e. The van der Waals surface area contributed by atoms with Crippen LogP contribution in [0.1, 0.15) is 23.7 Å². The number of carboxylic acid groups (broad SMARTS) is 1. The van der Waals surface area contributed by atoms with Gasteiger partial charge in [0.05, 0.1) is 17.7 Å². The summed E-state index contributed by atoms with van der Waals surface area (Å²) in [4.78, 5) is 22.3. The molecular formula is C10H13N3O3. The highest BCUT2D eigenvalue weighted by Gasteiger charge is 2.39. The zero-order valence-corrected chi connectivity index (χ0v) is 9.10. The van der Waals surface area contributed by atoms with Gasteiger partial charge in [-0.2, -0.15) is 5.10 Å². The molecule has 2 N–H and O–H groups in total. The number of aromatic nitrogens is 2. The molecule has 1 aliphatic heterocycles. The average molecular weight is 223 g/mol. The number of aliphatic carboxylic acids is 1. The summed E-state index contributed by atoms with van der Waals surface area (Å²) in [5.74, 6) is -1.87. The molecule has 1 aromatic heterocycles. The van der Waals surface area contributed by atoms with E-state index in [1.807, 2.05) is 0 Å². The number of nitrogens with one attached hydrogen (secondary N) is 1. The number of hydrogen-bond acceptors (Lipinski definition) is 3. The van der Waals surface area contributed by atoms with Crippen LogP contribution in [0.2, 0.25) is 0 Å². The summed E-state index contributed by atoms with van der Waals surface area (Å²) in [6.45, 7) is 1.80. The minimum Gasteiger partial charge on any atom is -0.481 e. The minimum atomic E-state index is -0.952. The van der Waals surface area contributed by atoms with Crippen LogP contribution >= 0.6 is 0 Å². The Labute approximate surface area is 92.3 Å². The van der Waals surface area contributed by atoms with Crippen molar-refractivity contribution in [1.82, 2.24) is 15.1 Å². The first kappa shape index (κ1) is 10.7. The van der Waals surface area contributed by atoms with E-state index in [2.05, 4.69) is 10.4 Å². The van der Waals surface area contributed by atoms with E-state index in [0.717, 1.165) is 11.3 Å². The lowest BCUT2D eigenvalue weighted by Gasteiger charge is -2.14. The second-order valence-corrected chi connectivity index (χ2v) is 4.04. The molecule has 1 fully saturated rings. The number of rotatable bonds is 2. The van der Waals surface area contributed by atoms with Crippen molar-refractivity contribution in [3.8, 4) is 0 Å². The molecule has 0 bridgehead atoms. The molecule has 6 heteroatoms. The number of carbonyl (C=O) groups excluding carboxylic acids is 1. The fraction of sp³-hybridized carbons (Fsp3) is 0.500. The first-order valence-corrected chi connectivity index (χ1v) is 5.01. The van der Waals surface area contributed by atoms with Crippen LogP contribution in [-0.4, -0.2) is 26.8 Å². The van der Waals surface area contributed by atoms with Gasteiger partial charge in [0.1, 0.15) is 0 Å². The quantitative estimate of drug-likeness (QED) is 0.738. The van der Waals surface area contributed by atoms with Crippen molar-refractivity contribution in [3.63, 3.8) is 0 Å². The lowest BCUT2D eigenvalue weighted by molar-refractivity contribution is -0.142. The molecule has 6 nitrogen and oxygen atoms in total. The van der Waals surface area contributed by atoms with Gasteiger partial charge in [0.25, 0.3) is 0 Å². The number of carbonyl (C=O) groups is 2. The zero-order chi connectivity index (χ0) is 11.9. The van der Waals surface area contributed by atoms with Crippen LogP contribution in [0.15, 0.2) is 6.20 Å². The number of hydrogen-bond donors (Lipinski definition) is 2. The first-order chi connectivity index (χ1) is 7.49. The average Bonchev–Trinajstić information content (AvgIpc) is 2.69. The van der Waals surface area contributed by atoms with Crippen molar-refractivity contribution in [2.24, 2.45) is 13.0 Å². The normalized spacial score (nSPS) is 24.5. The van der Waals surface area contributed by atoms with E-state index in [-0.39, 0.29) is 12.3 Å². The molecule has 0 saturated carbocycles. The van der Waals surface area contributed by atoms with E-state index in [4.69, 9.17) is 5.11 Å². The molecule has 2 atom stereocenters. The second-order valence-electron chi connectivity index (χ2n) is 4.04. The molecular weight excluding hydrogens is 210 g/mol. The Hall–Kier alpha value is -1.85. The van der Waals surface area contributed by atoms with Crippen molar-refractivity contribution in [2.75, 3.05) is 0 Å². The van der Waals surface area contributed by atoms with Gasteiger partial charge in [-0.15, -0.1) is 0 Å². The summed E-state index contributed by atoms with van der Waals surface area (Å²) < 4.78 is 1.62. The molecule has 2 heterocycles. The van der Waals surface area contributed by atoms with Crippen molar-refractivity contribution >= 4 is 11.9 Å². The van der Waals surface area contributed by atoms with Gasteiger partial charge < -0.3 is 10.4 Å². The standard InChI is InChI=1S/C10H13N3O3/c1-5-7(4-13(2)12-5)9-6(10(15)16)3-8(14)11-9/h4,6,9H,3H2,1-2H3,(H,11,14)(H,15,16). The topological polar surface area (TPSA) is 84.2 Å². The van der Waals surface area contributed by atoms with Crippen LogP contribution < -0.4 is 5.32 Å². The molecule has 0 aliphatic carbocycles. The molecule has 2 rings (SSSR count). The molecule has 16 heavy (non-hydrogen) atoms. The van der Waals surface area contributed by atoms with Gasteiger partial charge in [-0.3, -0.25) is 14.3 Å². The zero-order valence-electron chi connectivity index (χ0n) is 9.10. The second kappa shape index (κ2) is 3.62. The van der Waals surface area contributed by atoms with E-state index in [0.29, 0.717) is 0 Å². The van der Waals surface area contributed by atoms with Crippen LogP contribution in [0.5, 0.6) is 0 Å². The summed E-state index contributed by atoms with van der Waals surface area (Å²) >= 11 is 0. The lowest BCUT2D eigenvalue weighted by atomic mass is 9.95. The van der Waals surface area contributed by atoms with E-state index in [9.17, 15) is 9.59 Å². The van der Waals surface area contributed by atoms with E-state index < -0.39 is 17.9 Å². The third kappa shape index (κ3) is 1.66. The predicted octanol–water partition coefficient (Wildman–Crippen LogP) is -0.00968. The molecule has 1 saturated heterocycles. The highest BCUT2D eigenvalue weighted by molar-refractivity contribution is 5.87. The van der Waals surface area contributed by atoms with E-state index in [1.165, 1.54) is 0 Å². The molecule has 0 radical (unpaired) electrons. The molecule has 86 valence electrons. The molecule has 0 aromatic carbocycles. The van der Waals surface area contributed by atoms with Crippen LogP contribution in [0, 0.1) is 12.8 Å². The molecule has 0 spiro atoms. The van der Waals surface area contributed by atoms with Gasteiger partial charge in [-0.1, -0.05) is 0 Å². The Balaban J connectivity index is 2.35. The highest BCUT2D eigenvalue weighted by atomic mass is 16.4. The van der Waals surface area contributed by atoms with Crippen molar-refractivity contribution in [2.45, 2.75) is 19.4 Å². The smallest absolute Gasteiger partial charge is 0.309 e. The fourth-order valence-corrected chi connectivity index (χ4v) is 2.10. The third-order valence-electron chi connectivity index (χ3n) is 2.83. The predicted molar refractivity (Wildman–Crippen MR) is 54.6 cm³/mol. The lowest BCUT2D eigenvalue weighted by Crippen LogP contribution is -2.24. The Morgan fingerprint density at radius 1 is 1.69 bits per heavy atom. The van der Waals surface area contributed by atoms with Crippen molar-refractivity contribution in [3.05, 3.63) is 17.5 Å². The Kier molecular flexibility index (Phi) is 2.41. The van der Waals surface area contributed by atoms with Crippen molar-refractivity contribution < 1.29 is 14.7 Å².